The van der Waals surface area contributed by atoms with E-state index in [-0.39, 0.29) is 35.0 Å². The SMILES string of the molecule is CCN(CC)S(=O)(=O)c1cc(C(=O)Oc2cccc(C#N)c2)ccc1OC. The lowest BCUT2D eigenvalue weighted by Gasteiger charge is -2.20. The zero-order valence-corrected chi connectivity index (χ0v) is 16.1. The third-order valence-electron chi connectivity index (χ3n) is 3.90. The molecule has 0 saturated carbocycles. The predicted molar refractivity (Wildman–Crippen MR) is 99.2 cm³/mol. The third-order valence-corrected chi connectivity index (χ3v) is 5.97. The molecule has 0 fully saturated rings. The monoisotopic (exact) mass is 388 g/mol. The molecule has 0 atom stereocenters. The van der Waals surface area contributed by atoms with Gasteiger partial charge in [0.25, 0.3) is 0 Å². The second-order valence-electron chi connectivity index (χ2n) is 5.48. The number of benzene rings is 2. The van der Waals surface area contributed by atoms with Crippen molar-refractivity contribution < 1.29 is 22.7 Å². The fraction of sp³-hybridized carbons (Fsp3) is 0.263. The minimum atomic E-state index is -3.83. The fourth-order valence-corrected chi connectivity index (χ4v) is 4.14. The minimum absolute atomic E-state index is 0.0592. The number of methoxy groups -OCH3 is 1. The Hall–Kier alpha value is -2.89. The first kappa shape index (κ1) is 20.4. The van der Waals surface area contributed by atoms with Crippen LogP contribution in [-0.4, -0.2) is 38.9 Å². The summed E-state index contributed by atoms with van der Waals surface area (Å²) in [4.78, 5) is 12.3. The molecule has 0 bridgehead atoms. The van der Waals surface area contributed by atoms with Crippen LogP contribution in [0.1, 0.15) is 29.8 Å². The molecule has 142 valence electrons. The van der Waals surface area contributed by atoms with Crippen molar-refractivity contribution in [3.05, 3.63) is 53.6 Å². The Morgan fingerprint density at radius 2 is 1.85 bits per heavy atom. The number of carbonyl (C=O) groups is 1. The van der Waals surface area contributed by atoms with Crippen LogP contribution in [0.5, 0.6) is 11.5 Å². The van der Waals surface area contributed by atoms with Crippen LogP contribution in [0.15, 0.2) is 47.4 Å². The lowest BCUT2D eigenvalue weighted by Crippen LogP contribution is -2.31. The van der Waals surface area contributed by atoms with Gasteiger partial charge < -0.3 is 9.47 Å². The minimum Gasteiger partial charge on any atom is -0.495 e. The Balaban J connectivity index is 2.41. The average molecular weight is 388 g/mol. The second-order valence-corrected chi connectivity index (χ2v) is 7.39. The van der Waals surface area contributed by atoms with Crippen LogP contribution in [0, 0.1) is 11.3 Å². The molecule has 27 heavy (non-hydrogen) atoms. The molecule has 0 heterocycles. The summed E-state index contributed by atoms with van der Waals surface area (Å²) in [7, 11) is -2.46. The summed E-state index contributed by atoms with van der Waals surface area (Å²) in [6.45, 7) is 4.04. The van der Waals surface area contributed by atoms with Gasteiger partial charge >= 0.3 is 5.97 Å². The molecular formula is C19H20N2O5S. The van der Waals surface area contributed by atoms with Gasteiger partial charge in [-0.25, -0.2) is 13.2 Å². The fourth-order valence-electron chi connectivity index (χ4n) is 2.50. The molecule has 0 aliphatic carbocycles. The predicted octanol–water partition coefficient (Wildman–Crippen LogP) is 2.82. The highest BCUT2D eigenvalue weighted by Crippen LogP contribution is 2.28. The van der Waals surface area contributed by atoms with Crippen molar-refractivity contribution in [2.24, 2.45) is 0 Å². The van der Waals surface area contributed by atoms with E-state index in [9.17, 15) is 13.2 Å². The molecule has 0 N–H and O–H groups in total. The van der Waals surface area contributed by atoms with Crippen molar-refractivity contribution >= 4 is 16.0 Å². The Labute approximate surface area is 158 Å². The molecule has 0 saturated heterocycles. The van der Waals surface area contributed by atoms with E-state index in [0.29, 0.717) is 5.56 Å². The second kappa shape index (κ2) is 8.66. The van der Waals surface area contributed by atoms with Crippen molar-refractivity contribution in [1.82, 2.24) is 4.31 Å². The Morgan fingerprint density at radius 3 is 2.44 bits per heavy atom. The maximum absolute atomic E-state index is 12.8. The number of carbonyl (C=O) groups excluding carboxylic acids is 1. The van der Waals surface area contributed by atoms with Gasteiger partial charge in [-0.3, -0.25) is 0 Å². The van der Waals surface area contributed by atoms with E-state index in [0.717, 1.165) is 0 Å². The van der Waals surface area contributed by atoms with Crippen molar-refractivity contribution in [2.75, 3.05) is 20.2 Å². The number of rotatable bonds is 7. The molecule has 0 radical (unpaired) electrons. The van der Waals surface area contributed by atoms with Crippen molar-refractivity contribution in [1.29, 1.82) is 5.26 Å². The summed E-state index contributed by atoms with van der Waals surface area (Å²) in [5.74, 6) is -0.392. The molecular weight excluding hydrogens is 368 g/mol. The summed E-state index contributed by atoms with van der Waals surface area (Å²) in [6, 6.07) is 12.2. The van der Waals surface area contributed by atoms with Gasteiger partial charge in [0.15, 0.2) is 0 Å². The highest BCUT2D eigenvalue weighted by atomic mass is 32.2. The first-order chi connectivity index (χ1) is 12.9. The van der Waals surface area contributed by atoms with Gasteiger partial charge in [0.05, 0.1) is 24.3 Å². The van der Waals surface area contributed by atoms with Gasteiger partial charge in [0.2, 0.25) is 10.0 Å². The first-order valence-electron chi connectivity index (χ1n) is 8.27. The van der Waals surface area contributed by atoms with Crippen LogP contribution in [0.4, 0.5) is 0 Å². The Morgan fingerprint density at radius 1 is 1.15 bits per heavy atom. The van der Waals surface area contributed by atoms with Crippen molar-refractivity contribution in [2.45, 2.75) is 18.7 Å². The largest absolute Gasteiger partial charge is 0.495 e. The normalized spacial score (nSPS) is 11.1. The summed E-state index contributed by atoms with van der Waals surface area (Å²) in [5.41, 5.74) is 0.406. The van der Waals surface area contributed by atoms with Gasteiger partial charge in [0, 0.05) is 13.1 Å². The van der Waals surface area contributed by atoms with Crippen LogP contribution in [0.3, 0.4) is 0 Å². The molecule has 0 spiro atoms. The number of ether oxygens (including phenoxy) is 2. The smallest absolute Gasteiger partial charge is 0.343 e. The molecule has 0 aliphatic heterocycles. The quantitative estimate of drug-likeness (QED) is 0.534. The number of esters is 1. The molecule has 7 nitrogen and oxygen atoms in total. The van der Waals surface area contributed by atoms with Gasteiger partial charge in [-0.05, 0) is 36.4 Å². The molecule has 2 aromatic carbocycles. The zero-order valence-electron chi connectivity index (χ0n) is 15.3. The molecule has 2 rings (SSSR count). The van der Waals surface area contributed by atoms with Gasteiger partial charge in [-0.1, -0.05) is 19.9 Å². The van der Waals surface area contributed by atoms with E-state index in [1.165, 1.54) is 41.7 Å². The summed E-state index contributed by atoms with van der Waals surface area (Å²) in [5, 5.41) is 8.92. The highest BCUT2D eigenvalue weighted by Gasteiger charge is 2.27. The molecule has 0 unspecified atom stereocenters. The average Bonchev–Trinajstić information content (AvgIpc) is 2.68. The first-order valence-corrected chi connectivity index (χ1v) is 9.71. The van der Waals surface area contributed by atoms with Gasteiger partial charge in [0.1, 0.15) is 16.4 Å². The number of hydrogen-bond donors (Lipinski definition) is 0. The molecule has 0 aliphatic rings. The summed E-state index contributed by atoms with van der Waals surface area (Å²) in [6.07, 6.45) is 0. The van der Waals surface area contributed by atoms with Gasteiger partial charge in [-0.15, -0.1) is 0 Å². The summed E-state index contributed by atoms with van der Waals surface area (Å²) < 4.78 is 37.4. The third kappa shape index (κ3) is 4.45. The molecule has 8 heteroatoms. The highest BCUT2D eigenvalue weighted by molar-refractivity contribution is 7.89. The lowest BCUT2D eigenvalue weighted by atomic mass is 10.2. The topological polar surface area (TPSA) is 96.7 Å². The van der Waals surface area contributed by atoms with Gasteiger partial charge in [-0.2, -0.15) is 9.57 Å². The summed E-state index contributed by atoms with van der Waals surface area (Å²) >= 11 is 0. The molecule has 2 aromatic rings. The maximum Gasteiger partial charge on any atom is 0.343 e. The molecule has 0 aromatic heterocycles. The van der Waals surface area contributed by atoms with E-state index in [1.54, 1.807) is 26.0 Å². The van der Waals surface area contributed by atoms with Crippen LogP contribution in [0.2, 0.25) is 0 Å². The Bertz CT molecular complexity index is 976. The van der Waals surface area contributed by atoms with E-state index in [4.69, 9.17) is 14.7 Å². The van der Waals surface area contributed by atoms with Crippen LogP contribution < -0.4 is 9.47 Å². The van der Waals surface area contributed by atoms with Crippen LogP contribution >= 0.6 is 0 Å². The number of nitriles is 1. The zero-order chi connectivity index (χ0) is 20.0. The maximum atomic E-state index is 12.8. The lowest BCUT2D eigenvalue weighted by molar-refractivity contribution is 0.0734. The van der Waals surface area contributed by atoms with E-state index < -0.39 is 16.0 Å². The van der Waals surface area contributed by atoms with Crippen LogP contribution in [0.25, 0.3) is 0 Å². The van der Waals surface area contributed by atoms with Crippen LogP contribution in [-0.2, 0) is 10.0 Å². The van der Waals surface area contributed by atoms with E-state index >= 15 is 0 Å². The Kier molecular flexibility index (Phi) is 6.55. The van der Waals surface area contributed by atoms with Crippen molar-refractivity contribution in [3.63, 3.8) is 0 Å². The molecule has 0 amide bonds. The number of hydrogen-bond acceptors (Lipinski definition) is 6. The number of sulfonamides is 1. The standard InChI is InChI=1S/C19H20N2O5S/c1-4-21(5-2)27(23,24)18-12-15(9-10-17(18)25-3)19(22)26-16-8-6-7-14(11-16)13-20/h6-12H,4-5H2,1-3H3. The number of nitrogens with zero attached hydrogens (tertiary/aromatic N) is 2. The van der Waals surface area contributed by atoms with Crippen molar-refractivity contribution in [3.8, 4) is 17.6 Å². The van der Waals surface area contributed by atoms with E-state index in [2.05, 4.69) is 0 Å². The van der Waals surface area contributed by atoms with E-state index in [1.807, 2.05) is 6.07 Å².